The summed E-state index contributed by atoms with van der Waals surface area (Å²) >= 11 is 0. The number of phosphoric ester groups is 1. The van der Waals surface area contributed by atoms with Crippen LogP contribution in [0.1, 0.15) is 20.3 Å². The SMILES string of the molecule is CC(C)(O)CCOc1ccc(-c2cn(-c3cccnc3)c3ncn(COP(=O)(O)O)c(=O)c23)cc1. The molecule has 35 heavy (non-hydrogen) atoms. The Bertz CT molecular complexity index is 1420. The van der Waals surface area contributed by atoms with E-state index in [0.717, 1.165) is 4.57 Å². The van der Waals surface area contributed by atoms with E-state index in [2.05, 4.69) is 14.5 Å². The average Bonchev–Trinajstić information content (AvgIpc) is 3.19. The molecule has 0 aliphatic heterocycles. The maximum Gasteiger partial charge on any atom is 0.471 e. The number of phosphoric acid groups is 1. The molecule has 3 N–H and O–H groups in total. The van der Waals surface area contributed by atoms with Crippen molar-refractivity contribution in [2.75, 3.05) is 6.61 Å². The second kappa shape index (κ2) is 9.73. The Kier molecular flexibility index (Phi) is 6.88. The van der Waals surface area contributed by atoms with Gasteiger partial charge in [0.05, 0.1) is 29.5 Å². The smallest absolute Gasteiger partial charge is 0.471 e. The van der Waals surface area contributed by atoms with Gasteiger partial charge in [-0.25, -0.2) is 9.55 Å². The molecule has 12 heteroatoms. The standard InChI is InChI=1S/C23H25N4O7P/c1-23(2,29)9-11-33-18-7-5-16(6-8-18)19-13-27(17-4-3-10-24-12-17)21-20(19)22(28)26(14-25-21)15-34-35(30,31)32/h3-8,10,12-14,29H,9,11,15H2,1-2H3,(H2,30,31,32). The Labute approximate surface area is 200 Å². The van der Waals surface area contributed by atoms with Crippen molar-refractivity contribution in [2.45, 2.75) is 32.6 Å². The molecule has 184 valence electrons. The highest BCUT2D eigenvalue weighted by atomic mass is 31.2. The van der Waals surface area contributed by atoms with Crippen LogP contribution in [0.3, 0.4) is 0 Å². The van der Waals surface area contributed by atoms with Gasteiger partial charge in [0, 0.05) is 24.4 Å². The quantitative estimate of drug-likeness (QED) is 0.295. The van der Waals surface area contributed by atoms with Crippen LogP contribution in [0.15, 0.2) is 66.1 Å². The molecule has 3 heterocycles. The third-order valence-electron chi connectivity index (χ3n) is 5.21. The molecule has 4 aromatic rings. The summed E-state index contributed by atoms with van der Waals surface area (Å²) in [5, 5.41) is 10.1. The van der Waals surface area contributed by atoms with E-state index in [-0.39, 0.29) is 5.39 Å². The van der Waals surface area contributed by atoms with E-state index in [0.29, 0.717) is 41.2 Å². The molecule has 0 unspecified atom stereocenters. The first kappa shape index (κ1) is 24.8. The van der Waals surface area contributed by atoms with Crippen molar-refractivity contribution in [1.29, 1.82) is 0 Å². The minimum absolute atomic E-state index is 0.251. The molecule has 11 nitrogen and oxygen atoms in total. The van der Waals surface area contributed by atoms with Crippen molar-refractivity contribution in [3.05, 3.63) is 71.7 Å². The molecule has 0 saturated carbocycles. The van der Waals surface area contributed by atoms with Crippen molar-refractivity contribution in [2.24, 2.45) is 0 Å². The topological polar surface area (TPSA) is 149 Å². The fourth-order valence-corrected chi connectivity index (χ4v) is 3.72. The van der Waals surface area contributed by atoms with Gasteiger partial charge in [0.15, 0.2) is 5.65 Å². The Morgan fingerprint density at radius 3 is 2.51 bits per heavy atom. The first-order valence-corrected chi connectivity index (χ1v) is 12.2. The molecule has 1 aromatic carbocycles. The molecule has 0 bridgehead atoms. The van der Waals surface area contributed by atoms with E-state index in [1.165, 1.54) is 6.33 Å². The maximum atomic E-state index is 13.3. The van der Waals surface area contributed by atoms with Crippen molar-refractivity contribution in [3.63, 3.8) is 0 Å². The Hall–Kier alpha value is -3.34. The summed E-state index contributed by atoms with van der Waals surface area (Å²) in [4.78, 5) is 39.8. The van der Waals surface area contributed by atoms with Crippen LogP contribution in [0.5, 0.6) is 5.75 Å². The van der Waals surface area contributed by atoms with Gasteiger partial charge in [-0.15, -0.1) is 0 Å². The molecule has 0 radical (unpaired) electrons. The number of aliphatic hydroxyl groups is 1. The zero-order valence-corrected chi connectivity index (χ0v) is 20.0. The molecule has 0 fully saturated rings. The minimum Gasteiger partial charge on any atom is -0.493 e. The number of hydrogen-bond donors (Lipinski definition) is 3. The second-order valence-corrected chi connectivity index (χ2v) is 9.77. The predicted molar refractivity (Wildman–Crippen MR) is 128 cm³/mol. The van der Waals surface area contributed by atoms with Crippen LogP contribution in [0, 0.1) is 0 Å². The Morgan fingerprint density at radius 2 is 1.89 bits per heavy atom. The summed E-state index contributed by atoms with van der Waals surface area (Å²) in [6.07, 6.45) is 6.67. The van der Waals surface area contributed by atoms with Crippen molar-refractivity contribution in [3.8, 4) is 22.6 Å². The summed E-state index contributed by atoms with van der Waals surface area (Å²) < 4.78 is 24.0. The number of hydrogen-bond acceptors (Lipinski definition) is 7. The van der Waals surface area contributed by atoms with Crippen LogP contribution in [-0.2, 0) is 15.8 Å². The molecule has 4 rings (SSSR count). The first-order valence-electron chi connectivity index (χ1n) is 10.7. The number of ether oxygens (including phenoxy) is 1. The highest BCUT2D eigenvalue weighted by Crippen LogP contribution is 2.36. The summed E-state index contributed by atoms with van der Waals surface area (Å²) in [5.74, 6) is 0.611. The maximum absolute atomic E-state index is 13.3. The summed E-state index contributed by atoms with van der Waals surface area (Å²) in [6.45, 7) is 3.11. The Morgan fingerprint density at radius 1 is 1.14 bits per heavy atom. The lowest BCUT2D eigenvalue weighted by Gasteiger charge is -2.17. The molecule has 0 aliphatic rings. The lowest BCUT2D eigenvalue weighted by atomic mass is 10.1. The van der Waals surface area contributed by atoms with Gasteiger partial charge in [0.25, 0.3) is 5.56 Å². The minimum atomic E-state index is -4.78. The summed E-state index contributed by atoms with van der Waals surface area (Å²) in [7, 11) is -4.78. The van der Waals surface area contributed by atoms with Crippen LogP contribution >= 0.6 is 7.82 Å². The first-order chi connectivity index (χ1) is 16.5. The van der Waals surface area contributed by atoms with Crippen LogP contribution in [0.4, 0.5) is 0 Å². The van der Waals surface area contributed by atoms with Crippen LogP contribution in [0.25, 0.3) is 27.8 Å². The van der Waals surface area contributed by atoms with E-state index >= 15 is 0 Å². The van der Waals surface area contributed by atoms with Crippen LogP contribution in [0.2, 0.25) is 0 Å². The van der Waals surface area contributed by atoms with Crippen LogP contribution < -0.4 is 10.3 Å². The second-order valence-electron chi connectivity index (χ2n) is 8.53. The van der Waals surface area contributed by atoms with E-state index < -0.39 is 25.7 Å². The Balaban J connectivity index is 1.76. The van der Waals surface area contributed by atoms with Gasteiger partial charge < -0.3 is 19.6 Å². The molecular formula is C23H25N4O7P. The molecule has 0 saturated heterocycles. The zero-order valence-electron chi connectivity index (χ0n) is 19.1. The van der Waals surface area contributed by atoms with Gasteiger partial charge in [-0.05, 0) is 43.7 Å². The van der Waals surface area contributed by atoms with Crippen molar-refractivity contribution >= 4 is 18.9 Å². The van der Waals surface area contributed by atoms with Crippen molar-refractivity contribution in [1.82, 2.24) is 19.1 Å². The third-order valence-corrected chi connectivity index (χ3v) is 5.66. The van der Waals surface area contributed by atoms with E-state index in [4.69, 9.17) is 14.5 Å². The number of pyridine rings is 1. The lowest BCUT2D eigenvalue weighted by Crippen LogP contribution is -2.22. The van der Waals surface area contributed by atoms with Crippen molar-refractivity contribution < 1.29 is 28.7 Å². The van der Waals surface area contributed by atoms with Gasteiger partial charge in [0.2, 0.25) is 0 Å². The molecular weight excluding hydrogens is 475 g/mol. The summed E-state index contributed by atoms with van der Waals surface area (Å²) in [5.41, 5.74) is 0.966. The number of benzene rings is 1. The largest absolute Gasteiger partial charge is 0.493 e. The molecule has 0 spiro atoms. The fraction of sp³-hybridized carbons (Fsp3) is 0.261. The van der Waals surface area contributed by atoms with Gasteiger partial charge >= 0.3 is 7.82 Å². The monoisotopic (exact) mass is 500 g/mol. The molecule has 0 aliphatic carbocycles. The zero-order chi connectivity index (χ0) is 25.2. The molecule has 0 amide bonds. The predicted octanol–water partition coefficient (Wildman–Crippen LogP) is 2.86. The van der Waals surface area contributed by atoms with E-state index in [1.54, 1.807) is 67.3 Å². The van der Waals surface area contributed by atoms with Gasteiger partial charge in [-0.1, -0.05) is 12.1 Å². The van der Waals surface area contributed by atoms with Crippen LogP contribution in [-0.4, -0.2) is 46.2 Å². The van der Waals surface area contributed by atoms with Gasteiger partial charge in [-0.3, -0.25) is 23.4 Å². The van der Waals surface area contributed by atoms with E-state index in [1.807, 2.05) is 6.07 Å². The lowest BCUT2D eigenvalue weighted by molar-refractivity contribution is 0.0553. The highest BCUT2D eigenvalue weighted by molar-refractivity contribution is 7.46. The third kappa shape index (κ3) is 6.02. The van der Waals surface area contributed by atoms with E-state index in [9.17, 15) is 14.5 Å². The highest BCUT2D eigenvalue weighted by Gasteiger charge is 2.20. The number of rotatable bonds is 9. The fourth-order valence-electron chi connectivity index (χ4n) is 3.44. The number of aromatic nitrogens is 4. The summed E-state index contributed by atoms with van der Waals surface area (Å²) in [6, 6.07) is 10.7. The average molecular weight is 500 g/mol. The molecule has 3 aromatic heterocycles. The number of fused-ring (bicyclic) bond motifs is 1. The normalized spacial score (nSPS) is 12.3. The van der Waals surface area contributed by atoms with Gasteiger partial charge in [-0.2, -0.15) is 0 Å². The molecule has 0 atom stereocenters. The number of nitrogens with zero attached hydrogens (tertiary/aromatic N) is 4. The van der Waals surface area contributed by atoms with Gasteiger partial charge in [0.1, 0.15) is 18.8 Å².